The van der Waals surface area contributed by atoms with Crippen LogP contribution < -0.4 is 11.0 Å². The number of nitro groups is 1. The monoisotopic (exact) mass is 683 g/mol. The van der Waals surface area contributed by atoms with Crippen molar-refractivity contribution in [3.8, 4) is 17.1 Å². The number of carbonyl (C=O) groups is 2. The van der Waals surface area contributed by atoms with Gasteiger partial charge in [0.05, 0.1) is 32.0 Å². The van der Waals surface area contributed by atoms with Crippen molar-refractivity contribution in [2.24, 2.45) is 0 Å². The fraction of sp³-hybridized carbons (Fsp3) is 0.0526. The standard InChI is InChI=1S/C38H26FN5O5S/c1-23-10-12-24(13-11-23)34-40-31-8-4-3-7-30(31)36(46)42(34)29-20-16-25(17-21-29)35(45)41-43-37(47)33(22-27-6-2-5-9-32(27)44(48)49)50-38(43)26-14-18-28(39)19-15-26/h2-22,38H,1H3,(H,41,45)/b33-22-. The van der Waals surface area contributed by atoms with E-state index in [2.05, 4.69) is 5.43 Å². The normalized spacial score (nSPS) is 15.1. The average Bonchev–Trinajstić information content (AvgIpc) is 3.42. The lowest BCUT2D eigenvalue weighted by Crippen LogP contribution is -2.44. The van der Waals surface area contributed by atoms with Crippen molar-refractivity contribution in [3.63, 3.8) is 0 Å². The number of aromatic nitrogens is 2. The van der Waals surface area contributed by atoms with Gasteiger partial charge in [0.1, 0.15) is 17.0 Å². The van der Waals surface area contributed by atoms with Crippen molar-refractivity contribution in [2.75, 3.05) is 0 Å². The molecule has 10 nitrogen and oxygen atoms in total. The number of hydrazine groups is 1. The number of halogens is 1. The Balaban J connectivity index is 1.22. The zero-order valence-corrected chi connectivity index (χ0v) is 27.1. The molecule has 6 aromatic rings. The highest BCUT2D eigenvalue weighted by Gasteiger charge is 2.39. The molecule has 1 saturated heterocycles. The first-order chi connectivity index (χ1) is 24.2. The number of para-hydroxylation sites is 2. The number of nitro benzene ring substituents is 1. The minimum atomic E-state index is -0.792. The van der Waals surface area contributed by atoms with E-state index in [9.17, 15) is 28.9 Å². The van der Waals surface area contributed by atoms with Crippen LogP contribution in [0.1, 0.15) is 32.4 Å². The van der Waals surface area contributed by atoms with Crippen molar-refractivity contribution < 1.29 is 18.9 Å². The molecule has 5 aromatic carbocycles. The van der Waals surface area contributed by atoms with Crippen LogP contribution in [0.5, 0.6) is 0 Å². The molecular weight excluding hydrogens is 658 g/mol. The largest absolute Gasteiger partial charge is 0.280 e. The first-order valence-electron chi connectivity index (χ1n) is 15.4. The highest BCUT2D eigenvalue weighted by atomic mass is 32.2. The number of nitrogens with one attached hydrogen (secondary N) is 1. The molecule has 12 heteroatoms. The molecule has 0 saturated carbocycles. The fourth-order valence-corrected chi connectivity index (χ4v) is 6.80. The second kappa shape index (κ2) is 13.2. The average molecular weight is 684 g/mol. The Labute approximate surface area is 288 Å². The van der Waals surface area contributed by atoms with Gasteiger partial charge in [0.25, 0.3) is 23.1 Å². The zero-order chi connectivity index (χ0) is 34.9. The van der Waals surface area contributed by atoms with Crippen LogP contribution in [0, 0.1) is 22.9 Å². The van der Waals surface area contributed by atoms with Crippen LogP contribution in [-0.2, 0) is 4.79 Å². The number of nitrogens with zero attached hydrogens (tertiary/aromatic N) is 4. The maximum Gasteiger partial charge on any atom is 0.280 e. The smallest absolute Gasteiger partial charge is 0.268 e. The molecular formula is C38H26FN5O5S. The van der Waals surface area contributed by atoms with Crippen molar-refractivity contribution in [1.82, 2.24) is 20.0 Å². The van der Waals surface area contributed by atoms with Crippen LogP contribution in [0.4, 0.5) is 10.1 Å². The molecule has 246 valence electrons. The van der Waals surface area contributed by atoms with Crippen molar-refractivity contribution in [1.29, 1.82) is 0 Å². The van der Waals surface area contributed by atoms with Gasteiger partial charge in [-0.15, -0.1) is 0 Å². The van der Waals surface area contributed by atoms with E-state index in [0.717, 1.165) is 27.9 Å². The Kier molecular flexibility index (Phi) is 8.52. The topological polar surface area (TPSA) is 127 Å². The van der Waals surface area contributed by atoms with Gasteiger partial charge < -0.3 is 0 Å². The van der Waals surface area contributed by atoms with Crippen LogP contribution >= 0.6 is 11.8 Å². The number of aryl methyl sites for hydroxylation is 1. The summed E-state index contributed by atoms with van der Waals surface area (Å²) in [6, 6.07) is 32.6. The van der Waals surface area contributed by atoms with E-state index in [4.69, 9.17) is 4.98 Å². The highest BCUT2D eigenvalue weighted by Crippen LogP contribution is 2.45. The maximum absolute atomic E-state index is 13.8. The van der Waals surface area contributed by atoms with Crippen LogP contribution in [0.3, 0.4) is 0 Å². The molecule has 1 aromatic heterocycles. The fourth-order valence-electron chi connectivity index (χ4n) is 5.62. The molecule has 2 amide bonds. The number of amides is 2. The first kappa shape index (κ1) is 32.2. The van der Waals surface area contributed by atoms with Gasteiger partial charge in [0, 0.05) is 17.2 Å². The molecule has 50 heavy (non-hydrogen) atoms. The van der Waals surface area contributed by atoms with Crippen LogP contribution in [0.2, 0.25) is 0 Å². The lowest BCUT2D eigenvalue weighted by Gasteiger charge is -2.24. The summed E-state index contributed by atoms with van der Waals surface area (Å²) >= 11 is 1.07. The summed E-state index contributed by atoms with van der Waals surface area (Å²) in [7, 11) is 0. The van der Waals surface area contributed by atoms with Gasteiger partial charge in [-0.1, -0.05) is 78.0 Å². The summed E-state index contributed by atoms with van der Waals surface area (Å²) in [4.78, 5) is 57.2. The summed E-state index contributed by atoms with van der Waals surface area (Å²) in [5, 5.41) is 12.4. The summed E-state index contributed by atoms with van der Waals surface area (Å²) in [6.07, 6.45) is 1.41. The number of fused-ring (bicyclic) bond motifs is 1. The van der Waals surface area contributed by atoms with E-state index in [0.29, 0.717) is 28.0 Å². The first-order valence-corrected chi connectivity index (χ1v) is 16.3. The second-order valence-corrected chi connectivity index (χ2v) is 12.6. The van der Waals surface area contributed by atoms with E-state index < -0.39 is 27.9 Å². The van der Waals surface area contributed by atoms with Gasteiger partial charge in [-0.2, -0.15) is 0 Å². The summed E-state index contributed by atoms with van der Waals surface area (Å²) in [6.45, 7) is 1.97. The zero-order valence-electron chi connectivity index (χ0n) is 26.3. The minimum absolute atomic E-state index is 0.149. The Morgan fingerprint density at radius 3 is 2.30 bits per heavy atom. The molecule has 1 N–H and O–H groups in total. The number of hydrogen-bond donors (Lipinski definition) is 1. The maximum atomic E-state index is 13.8. The van der Waals surface area contributed by atoms with Gasteiger partial charge in [0.15, 0.2) is 0 Å². The number of carbonyl (C=O) groups excluding carboxylic acids is 2. The Morgan fingerprint density at radius 1 is 0.900 bits per heavy atom. The van der Waals surface area contributed by atoms with E-state index in [1.165, 1.54) is 65.2 Å². The third-order valence-corrected chi connectivity index (χ3v) is 9.43. The second-order valence-electron chi connectivity index (χ2n) is 11.5. The third kappa shape index (κ3) is 6.15. The van der Waals surface area contributed by atoms with Gasteiger partial charge in [0.2, 0.25) is 0 Å². The van der Waals surface area contributed by atoms with Crippen LogP contribution in [0.25, 0.3) is 34.1 Å². The molecule has 7 rings (SSSR count). The molecule has 2 heterocycles. The van der Waals surface area contributed by atoms with Gasteiger partial charge in [-0.05, 0) is 73.2 Å². The molecule has 1 fully saturated rings. The molecule has 1 atom stereocenters. The lowest BCUT2D eigenvalue weighted by atomic mass is 10.1. The number of rotatable bonds is 7. The molecule has 1 aliphatic rings. The molecule has 1 aliphatic heterocycles. The number of benzene rings is 5. The van der Waals surface area contributed by atoms with Gasteiger partial charge in [-0.3, -0.25) is 34.5 Å². The Morgan fingerprint density at radius 2 is 1.58 bits per heavy atom. The number of thioether (sulfide) groups is 1. The van der Waals surface area contributed by atoms with E-state index in [-0.39, 0.29) is 27.3 Å². The predicted molar refractivity (Wildman–Crippen MR) is 190 cm³/mol. The van der Waals surface area contributed by atoms with Crippen molar-refractivity contribution in [3.05, 3.63) is 175 Å². The Bertz CT molecular complexity index is 2390. The minimum Gasteiger partial charge on any atom is -0.268 e. The number of hydrogen-bond acceptors (Lipinski definition) is 7. The van der Waals surface area contributed by atoms with Crippen LogP contribution in [0.15, 0.2) is 131 Å². The van der Waals surface area contributed by atoms with Gasteiger partial charge in [-0.25, -0.2) is 14.4 Å². The van der Waals surface area contributed by atoms with E-state index in [1.54, 1.807) is 36.4 Å². The highest BCUT2D eigenvalue weighted by molar-refractivity contribution is 8.04. The van der Waals surface area contributed by atoms with Crippen molar-refractivity contribution >= 4 is 46.2 Å². The van der Waals surface area contributed by atoms with Gasteiger partial charge >= 0.3 is 0 Å². The summed E-state index contributed by atoms with van der Waals surface area (Å²) < 4.78 is 15.3. The molecule has 0 radical (unpaired) electrons. The third-order valence-electron chi connectivity index (χ3n) is 8.17. The molecule has 0 bridgehead atoms. The summed E-state index contributed by atoms with van der Waals surface area (Å²) in [5.41, 5.74) is 5.99. The Hall–Kier alpha value is -6.40. The van der Waals surface area contributed by atoms with E-state index in [1.807, 2.05) is 37.3 Å². The van der Waals surface area contributed by atoms with E-state index >= 15 is 0 Å². The predicted octanol–water partition coefficient (Wildman–Crippen LogP) is 7.37. The molecule has 1 unspecified atom stereocenters. The molecule has 0 aliphatic carbocycles. The molecule has 0 spiro atoms. The summed E-state index contributed by atoms with van der Waals surface area (Å²) in [5.74, 6) is -1.25. The quantitative estimate of drug-likeness (QED) is 0.106. The van der Waals surface area contributed by atoms with Crippen molar-refractivity contribution in [2.45, 2.75) is 12.3 Å². The SMILES string of the molecule is Cc1ccc(-c2nc3ccccc3c(=O)n2-c2ccc(C(=O)NN3C(=O)/C(=C/c4ccccc4[N+](=O)[O-])SC3c3ccc(F)cc3)cc2)cc1. The van der Waals surface area contributed by atoms with Crippen LogP contribution in [-0.4, -0.2) is 31.3 Å². The lowest BCUT2D eigenvalue weighted by molar-refractivity contribution is -0.385.